The van der Waals surface area contributed by atoms with E-state index in [0.29, 0.717) is 5.54 Å². The molecule has 62 heavy (non-hydrogen) atoms. The van der Waals surface area contributed by atoms with E-state index in [4.69, 9.17) is 0 Å². The van der Waals surface area contributed by atoms with Crippen LogP contribution in [0.3, 0.4) is 0 Å². The van der Waals surface area contributed by atoms with Crippen molar-refractivity contribution in [2.75, 3.05) is 0 Å². The molecule has 4 rings (SSSR count). The van der Waals surface area contributed by atoms with Gasteiger partial charge in [0.05, 0.1) is 0 Å². The van der Waals surface area contributed by atoms with Crippen molar-refractivity contribution in [3.8, 4) is 0 Å². The Balaban J connectivity index is 2.12. The van der Waals surface area contributed by atoms with Crippen molar-refractivity contribution in [2.45, 2.75) is 253 Å². The van der Waals surface area contributed by atoms with Crippen molar-refractivity contribution < 1.29 is 0 Å². The molecule has 344 valence electrons. The summed E-state index contributed by atoms with van der Waals surface area (Å²) in [6.07, 6.45) is 47.7. The molecule has 0 saturated heterocycles. The predicted octanol–water partition coefficient (Wildman–Crippen LogP) is 17.2. The lowest BCUT2D eigenvalue weighted by atomic mass is 10.00. The molecule has 0 radical (unpaired) electrons. The zero-order valence-electron chi connectivity index (χ0n) is 41.9. The van der Waals surface area contributed by atoms with Crippen LogP contribution < -0.4 is 15.6 Å². The summed E-state index contributed by atoms with van der Waals surface area (Å²) < 4.78 is 0. The summed E-state index contributed by atoms with van der Waals surface area (Å²) in [4.78, 5) is 0. The van der Waals surface area contributed by atoms with Gasteiger partial charge in [-0.25, -0.2) is 0 Å². The number of hydrogen-bond donors (Lipinski definition) is 0. The van der Waals surface area contributed by atoms with Crippen LogP contribution in [0.1, 0.15) is 242 Å². The summed E-state index contributed by atoms with van der Waals surface area (Å²) in [6.45, 7) is 16.6. The van der Waals surface area contributed by atoms with E-state index in [1.807, 2.05) is 0 Å². The molecule has 1 aliphatic rings. The first kappa shape index (κ1) is 52.0. The Morgan fingerprint density at radius 3 is 0.806 bits per heavy atom. The Morgan fingerprint density at radius 1 is 0.323 bits per heavy atom. The molecular formula is C61H96Si. The maximum atomic E-state index is 2.80. The fourth-order valence-corrected chi connectivity index (χ4v) is 16.5. The maximum absolute atomic E-state index is 2.80. The van der Waals surface area contributed by atoms with E-state index in [0.717, 1.165) is 6.42 Å². The van der Waals surface area contributed by atoms with Crippen LogP contribution in [0.2, 0.25) is 5.54 Å². The summed E-state index contributed by atoms with van der Waals surface area (Å²) in [5.74, 6) is 0. The van der Waals surface area contributed by atoms with Crippen LogP contribution in [0, 0.1) is 0 Å². The predicted molar refractivity (Wildman–Crippen MR) is 282 cm³/mol. The second-order valence-corrected chi connectivity index (χ2v) is 23.7. The van der Waals surface area contributed by atoms with Crippen LogP contribution in [-0.4, -0.2) is 8.07 Å². The monoisotopic (exact) mass is 857 g/mol. The van der Waals surface area contributed by atoms with E-state index in [1.54, 1.807) is 54.5 Å². The van der Waals surface area contributed by atoms with Crippen LogP contribution in [-0.2, 0) is 38.5 Å². The number of unbranched alkanes of at least 4 members (excludes halogenated alkanes) is 18. The van der Waals surface area contributed by atoms with Gasteiger partial charge in [0.1, 0.15) is 0 Å². The topological polar surface area (TPSA) is 0 Å². The van der Waals surface area contributed by atoms with Crippen molar-refractivity contribution >= 4 is 23.6 Å². The van der Waals surface area contributed by atoms with Crippen LogP contribution in [0.5, 0.6) is 0 Å². The number of benzene rings is 3. The second kappa shape index (κ2) is 30.5. The molecule has 0 heterocycles. The minimum Gasteiger partial charge on any atom is -0.0790 e. The lowest BCUT2D eigenvalue weighted by Crippen LogP contribution is -2.70. The van der Waals surface area contributed by atoms with E-state index >= 15 is 0 Å². The molecule has 1 unspecified atom stereocenters. The molecule has 0 amide bonds. The third-order valence-electron chi connectivity index (χ3n) is 14.3. The first-order valence-electron chi connectivity index (χ1n) is 27.2. The Morgan fingerprint density at radius 2 is 0.581 bits per heavy atom. The third-order valence-corrected chi connectivity index (χ3v) is 19.4. The molecule has 1 heteroatoms. The molecule has 3 aromatic carbocycles. The molecule has 0 nitrogen and oxygen atoms in total. The summed E-state index contributed by atoms with van der Waals surface area (Å²) in [7, 11) is -2.74. The highest BCUT2D eigenvalue weighted by Gasteiger charge is 2.48. The summed E-state index contributed by atoms with van der Waals surface area (Å²) >= 11 is 0. The Labute approximate surface area is 386 Å². The van der Waals surface area contributed by atoms with Gasteiger partial charge in [0.2, 0.25) is 0 Å². The molecule has 0 saturated carbocycles. The van der Waals surface area contributed by atoms with Gasteiger partial charge in [-0.2, -0.15) is 0 Å². The minimum atomic E-state index is -2.74. The van der Waals surface area contributed by atoms with E-state index in [2.05, 4.69) is 121 Å². The largest absolute Gasteiger partial charge is 0.159 e. The van der Waals surface area contributed by atoms with Gasteiger partial charge in [0.15, 0.2) is 8.07 Å². The van der Waals surface area contributed by atoms with Crippen molar-refractivity contribution in [2.24, 2.45) is 0 Å². The molecule has 0 spiro atoms. The van der Waals surface area contributed by atoms with Crippen molar-refractivity contribution in [1.29, 1.82) is 0 Å². The molecule has 1 aliphatic carbocycles. The second-order valence-electron chi connectivity index (χ2n) is 19.7. The first-order valence-corrected chi connectivity index (χ1v) is 29.3. The summed E-state index contributed by atoms with van der Waals surface area (Å²) in [5, 5.41) is 5.10. The average Bonchev–Trinajstić information content (AvgIpc) is 3.77. The van der Waals surface area contributed by atoms with Crippen LogP contribution in [0.15, 0.2) is 78.4 Å². The summed E-state index contributed by atoms with van der Waals surface area (Å²) in [5.41, 5.74) is 11.7. The van der Waals surface area contributed by atoms with Gasteiger partial charge in [0, 0.05) is 5.54 Å². The molecule has 0 fully saturated rings. The summed E-state index contributed by atoms with van der Waals surface area (Å²) in [6, 6.07) is 24.8. The van der Waals surface area contributed by atoms with Gasteiger partial charge in [-0.1, -0.05) is 242 Å². The van der Waals surface area contributed by atoms with E-state index < -0.39 is 8.07 Å². The maximum Gasteiger partial charge on any atom is 0.159 e. The van der Waals surface area contributed by atoms with E-state index in [9.17, 15) is 0 Å². The molecule has 0 aromatic heterocycles. The van der Waals surface area contributed by atoms with Crippen LogP contribution >= 0.6 is 0 Å². The fraction of sp³-hybridized carbons (Fsp3) is 0.639. The zero-order chi connectivity index (χ0) is 44.3. The van der Waals surface area contributed by atoms with Gasteiger partial charge < -0.3 is 0 Å². The third kappa shape index (κ3) is 16.4. The number of rotatable bonds is 35. The van der Waals surface area contributed by atoms with Gasteiger partial charge in [-0.15, -0.1) is 0 Å². The molecule has 0 bridgehead atoms. The number of hydrogen-bond acceptors (Lipinski definition) is 0. The Kier molecular flexibility index (Phi) is 25.6. The highest BCUT2D eigenvalue weighted by Crippen LogP contribution is 2.38. The quantitative estimate of drug-likeness (QED) is 0.0314. The van der Waals surface area contributed by atoms with Crippen LogP contribution in [0.25, 0.3) is 0 Å². The van der Waals surface area contributed by atoms with Gasteiger partial charge in [-0.05, 0) is 132 Å². The highest BCUT2D eigenvalue weighted by atomic mass is 28.3. The van der Waals surface area contributed by atoms with Crippen molar-refractivity contribution in [1.82, 2.24) is 0 Å². The molecule has 0 N–H and O–H groups in total. The number of allylic oxidation sites excluding steroid dienone is 4. The molecular weight excluding hydrogens is 761 g/mol. The zero-order valence-corrected chi connectivity index (χ0v) is 42.9. The van der Waals surface area contributed by atoms with Crippen LogP contribution in [0.4, 0.5) is 0 Å². The average molecular weight is 858 g/mol. The van der Waals surface area contributed by atoms with Gasteiger partial charge in [-0.3, -0.25) is 0 Å². The van der Waals surface area contributed by atoms with E-state index in [1.165, 1.54) is 193 Å². The smallest absolute Gasteiger partial charge is 0.0790 e. The molecule has 0 aliphatic heterocycles. The standard InChI is InChI=1S/C61H96Si/c1-8-15-21-27-34-51-42-52(35-28-22-16-9-2)46-58(45-51)62(61-41-33-40-57(61)14-7,59-47-53(36-29-23-17-10-3)43-54(48-59)37-30-24-18-11-4)60-49-55(38-31-25-19-12-5)44-56(50-60)39-32-26-20-13-6/h33,40-50,61H,8-32,34-39H2,1-7H3. The fourth-order valence-electron chi connectivity index (χ4n) is 10.7. The lowest BCUT2D eigenvalue weighted by molar-refractivity contribution is 0.661. The lowest BCUT2D eigenvalue weighted by Gasteiger charge is -2.41. The normalized spacial score (nSPS) is 14.0. The van der Waals surface area contributed by atoms with Crippen molar-refractivity contribution in [3.63, 3.8) is 0 Å². The highest BCUT2D eigenvalue weighted by molar-refractivity contribution is 7.13. The Hall–Kier alpha value is -2.64. The first-order chi connectivity index (χ1) is 30.5. The molecule has 3 aromatic rings. The van der Waals surface area contributed by atoms with Crippen molar-refractivity contribution in [3.05, 3.63) is 112 Å². The van der Waals surface area contributed by atoms with Gasteiger partial charge >= 0.3 is 0 Å². The van der Waals surface area contributed by atoms with E-state index in [-0.39, 0.29) is 0 Å². The Bertz CT molecular complexity index is 1460. The SMILES string of the molecule is CCCCCCc1cc(CCCCCC)cc([Si](c2cc(CCCCCC)cc(CCCCCC)c2)(c2cc(CCCCCC)cc(CCCCCC)c2)C2C=CC=C2CC)c1. The number of aryl methyl sites for hydroxylation is 6. The minimum absolute atomic E-state index is 0.419. The van der Waals surface area contributed by atoms with Gasteiger partial charge in [0.25, 0.3) is 0 Å². The molecule has 1 atom stereocenters.